The minimum absolute atomic E-state index is 0.290. The van der Waals surface area contributed by atoms with Gasteiger partial charge in [0.25, 0.3) is 0 Å². The van der Waals surface area contributed by atoms with Gasteiger partial charge in [-0.3, -0.25) is 4.79 Å². The summed E-state index contributed by atoms with van der Waals surface area (Å²) >= 11 is 0. The summed E-state index contributed by atoms with van der Waals surface area (Å²) in [5, 5.41) is 3.68. The van der Waals surface area contributed by atoms with E-state index in [1.165, 1.54) is 0 Å². The Kier molecular flexibility index (Phi) is 3.39. The van der Waals surface area contributed by atoms with Crippen LogP contribution in [-0.2, 0) is 20.7 Å². The van der Waals surface area contributed by atoms with Gasteiger partial charge in [0, 0.05) is 17.1 Å². The number of H-pyrrole nitrogens is 1. The fourth-order valence-corrected chi connectivity index (χ4v) is 2.51. The van der Waals surface area contributed by atoms with Crippen molar-refractivity contribution in [2.45, 2.75) is 31.5 Å². The predicted molar refractivity (Wildman–Crippen MR) is 77.5 cm³/mol. The van der Waals surface area contributed by atoms with Crippen molar-refractivity contribution >= 4 is 22.8 Å². The normalized spacial score (nSPS) is 22.5. The number of cyclic esters (lactones) is 1. The predicted octanol–water partition coefficient (Wildman–Crippen LogP) is 0.468. The zero-order chi connectivity index (χ0) is 15.0. The highest BCUT2D eigenvalue weighted by molar-refractivity contribution is 5.91. The molecule has 6 nitrogen and oxygen atoms in total. The Bertz CT molecular complexity index is 694. The van der Waals surface area contributed by atoms with Gasteiger partial charge in [0.05, 0.1) is 6.04 Å². The van der Waals surface area contributed by atoms with Crippen molar-refractivity contribution < 1.29 is 14.3 Å². The summed E-state index contributed by atoms with van der Waals surface area (Å²) in [6.07, 6.45) is 1.98. The number of benzene rings is 1. The van der Waals surface area contributed by atoms with Crippen molar-refractivity contribution in [3.63, 3.8) is 0 Å². The summed E-state index contributed by atoms with van der Waals surface area (Å²) < 4.78 is 4.80. The molecule has 1 aliphatic rings. The van der Waals surface area contributed by atoms with E-state index in [9.17, 15) is 9.59 Å². The number of rotatable bonds is 4. The number of esters is 1. The summed E-state index contributed by atoms with van der Waals surface area (Å²) in [4.78, 5) is 26.4. The van der Waals surface area contributed by atoms with Crippen molar-refractivity contribution in [1.82, 2.24) is 10.3 Å². The SMILES string of the molecule is C[C@H]1OC(=O)[C@H]1NC(=O)[C@@H](N)Cc1c[nH]c2ccccc12. The maximum atomic E-state index is 12.0. The molecule has 1 aromatic carbocycles. The van der Waals surface area contributed by atoms with Crippen LogP contribution in [0.15, 0.2) is 30.5 Å². The Morgan fingerprint density at radius 3 is 2.95 bits per heavy atom. The minimum atomic E-state index is -0.704. The van der Waals surface area contributed by atoms with E-state index >= 15 is 0 Å². The summed E-state index contributed by atoms with van der Waals surface area (Å²) in [6.45, 7) is 1.73. The highest BCUT2D eigenvalue weighted by Gasteiger charge is 2.40. The van der Waals surface area contributed by atoms with Crippen LogP contribution in [0.3, 0.4) is 0 Å². The third-order valence-electron chi connectivity index (χ3n) is 3.77. The lowest BCUT2D eigenvalue weighted by atomic mass is 10.0. The van der Waals surface area contributed by atoms with E-state index < -0.39 is 18.1 Å². The van der Waals surface area contributed by atoms with E-state index in [-0.39, 0.29) is 12.0 Å². The molecule has 0 aliphatic carbocycles. The monoisotopic (exact) mass is 287 g/mol. The van der Waals surface area contributed by atoms with E-state index in [0.29, 0.717) is 6.42 Å². The van der Waals surface area contributed by atoms with Crippen molar-refractivity contribution in [2.75, 3.05) is 0 Å². The first kappa shape index (κ1) is 13.6. The first-order valence-corrected chi connectivity index (χ1v) is 6.87. The number of aromatic nitrogens is 1. The smallest absolute Gasteiger partial charge is 0.332 e. The van der Waals surface area contributed by atoms with Gasteiger partial charge in [-0.15, -0.1) is 0 Å². The first-order valence-electron chi connectivity index (χ1n) is 6.87. The van der Waals surface area contributed by atoms with Crippen molar-refractivity contribution in [3.05, 3.63) is 36.0 Å². The molecule has 2 heterocycles. The maximum Gasteiger partial charge on any atom is 0.332 e. The number of hydrogen-bond donors (Lipinski definition) is 3. The van der Waals surface area contributed by atoms with Gasteiger partial charge in [0.1, 0.15) is 6.10 Å². The zero-order valence-electron chi connectivity index (χ0n) is 11.6. The van der Waals surface area contributed by atoms with Crippen molar-refractivity contribution in [2.24, 2.45) is 5.73 Å². The molecule has 110 valence electrons. The second-order valence-corrected chi connectivity index (χ2v) is 5.30. The van der Waals surface area contributed by atoms with Gasteiger partial charge in [-0.25, -0.2) is 4.79 Å². The average Bonchev–Trinajstić information content (AvgIpc) is 2.88. The van der Waals surface area contributed by atoms with Crippen LogP contribution >= 0.6 is 0 Å². The fourth-order valence-electron chi connectivity index (χ4n) is 2.51. The molecular formula is C15H17N3O3. The Labute approximate surface area is 121 Å². The number of hydrogen-bond acceptors (Lipinski definition) is 4. The third kappa shape index (κ3) is 2.50. The molecule has 0 spiro atoms. The number of carbonyl (C=O) groups is 2. The number of fused-ring (bicyclic) bond motifs is 1. The lowest BCUT2D eigenvalue weighted by Crippen LogP contribution is -2.61. The number of aromatic amines is 1. The number of carbonyl (C=O) groups excluding carboxylic acids is 2. The highest BCUT2D eigenvalue weighted by Crippen LogP contribution is 2.19. The fraction of sp³-hybridized carbons (Fsp3) is 0.333. The van der Waals surface area contributed by atoms with Gasteiger partial charge in [-0.2, -0.15) is 0 Å². The van der Waals surface area contributed by atoms with Crippen LogP contribution in [0.5, 0.6) is 0 Å². The van der Waals surface area contributed by atoms with Crippen LogP contribution in [0.4, 0.5) is 0 Å². The molecule has 2 aromatic rings. The lowest BCUT2D eigenvalue weighted by Gasteiger charge is -2.33. The molecule has 0 bridgehead atoms. The van der Waals surface area contributed by atoms with Crippen LogP contribution in [-0.4, -0.2) is 35.0 Å². The van der Waals surface area contributed by atoms with Crippen molar-refractivity contribution in [3.8, 4) is 0 Å². The molecule has 0 unspecified atom stereocenters. The van der Waals surface area contributed by atoms with Crippen LogP contribution in [0.1, 0.15) is 12.5 Å². The van der Waals surface area contributed by atoms with Gasteiger partial charge in [-0.05, 0) is 25.0 Å². The van der Waals surface area contributed by atoms with Gasteiger partial charge in [0.15, 0.2) is 6.04 Å². The molecule has 1 fully saturated rings. The number of nitrogens with two attached hydrogens (primary N) is 1. The molecule has 6 heteroatoms. The van der Waals surface area contributed by atoms with E-state index in [4.69, 9.17) is 10.5 Å². The molecule has 1 aromatic heterocycles. The lowest BCUT2D eigenvalue weighted by molar-refractivity contribution is -0.176. The Hall–Kier alpha value is -2.34. The average molecular weight is 287 g/mol. The largest absolute Gasteiger partial charge is 0.458 e. The second-order valence-electron chi connectivity index (χ2n) is 5.30. The number of ether oxygens (including phenoxy) is 1. The van der Waals surface area contributed by atoms with E-state index in [1.807, 2.05) is 30.5 Å². The van der Waals surface area contributed by atoms with Gasteiger partial charge in [-0.1, -0.05) is 18.2 Å². The highest BCUT2D eigenvalue weighted by atomic mass is 16.6. The van der Waals surface area contributed by atoms with Crippen LogP contribution in [0.2, 0.25) is 0 Å². The minimum Gasteiger partial charge on any atom is -0.458 e. The van der Waals surface area contributed by atoms with Crippen LogP contribution in [0.25, 0.3) is 10.9 Å². The first-order chi connectivity index (χ1) is 10.1. The van der Waals surface area contributed by atoms with Crippen LogP contribution < -0.4 is 11.1 Å². The van der Waals surface area contributed by atoms with Crippen molar-refractivity contribution in [1.29, 1.82) is 0 Å². The maximum absolute atomic E-state index is 12.0. The Morgan fingerprint density at radius 2 is 2.24 bits per heavy atom. The molecule has 4 N–H and O–H groups in total. The zero-order valence-corrected chi connectivity index (χ0v) is 11.6. The van der Waals surface area contributed by atoms with Crippen LogP contribution in [0, 0.1) is 0 Å². The van der Waals surface area contributed by atoms with E-state index in [1.54, 1.807) is 6.92 Å². The van der Waals surface area contributed by atoms with Gasteiger partial charge < -0.3 is 20.8 Å². The molecule has 3 atom stereocenters. The molecule has 0 radical (unpaired) electrons. The van der Waals surface area contributed by atoms with Gasteiger partial charge >= 0.3 is 5.97 Å². The molecular weight excluding hydrogens is 270 g/mol. The summed E-state index contributed by atoms with van der Waals surface area (Å²) in [7, 11) is 0. The quantitative estimate of drug-likeness (QED) is 0.712. The molecule has 3 rings (SSSR count). The number of nitrogens with one attached hydrogen (secondary N) is 2. The Balaban J connectivity index is 1.67. The molecule has 1 amide bonds. The number of amides is 1. The van der Waals surface area contributed by atoms with Gasteiger partial charge in [0.2, 0.25) is 5.91 Å². The Morgan fingerprint density at radius 1 is 1.48 bits per heavy atom. The standard InChI is InChI=1S/C15H17N3O3/c1-8-13(15(20)21-8)18-14(19)11(16)6-9-7-17-12-5-3-2-4-10(9)12/h2-5,7-8,11,13,17H,6,16H2,1H3,(H,18,19)/t8-,11+,13+/m1/s1. The van der Waals surface area contributed by atoms with E-state index in [0.717, 1.165) is 16.5 Å². The summed E-state index contributed by atoms with van der Waals surface area (Å²) in [5.41, 5.74) is 7.93. The summed E-state index contributed by atoms with van der Waals surface area (Å²) in [5.74, 6) is -0.746. The topological polar surface area (TPSA) is 97.2 Å². The van der Waals surface area contributed by atoms with E-state index in [2.05, 4.69) is 10.3 Å². The molecule has 1 saturated heterocycles. The summed E-state index contributed by atoms with van der Waals surface area (Å²) in [6, 6.07) is 6.56. The number of para-hydroxylation sites is 1. The second kappa shape index (κ2) is 5.21. The molecule has 0 saturated carbocycles. The third-order valence-corrected chi connectivity index (χ3v) is 3.77. The molecule has 1 aliphatic heterocycles. The molecule has 21 heavy (non-hydrogen) atoms.